The maximum absolute atomic E-state index is 13.2. The van der Waals surface area contributed by atoms with E-state index >= 15 is 0 Å². The van der Waals surface area contributed by atoms with E-state index in [0.29, 0.717) is 23.7 Å². The molecule has 0 radical (unpaired) electrons. The van der Waals surface area contributed by atoms with Gasteiger partial charge in [0.05, 0.1) is 29.3 Å². The lowest BCUT2D eigenvalue weighted by Gasteiger charge is -2.33. The second-order valence-corrected chi connectivity index (χ2v) is 7.32. The first-order chi connectivity index (χ1) is 14.5. The summed E-state index contributed by atoms with van der Waals surface area (Å²) in [5, 5.41) is 6.32. The third kappa shape index (κ3) is 4.22. The van der Waals surface area contributed by atoms with Crippen molar-refractivity contribution in [1.82, 2.24) is 20.2 Å². The molecule has 2 heterocycles. The number of benzene rings is 2. The lowest BCUT2D eigenvalue weighted by molar-refractivity contribution is -0.127. The number of nitrogens with one attached hydrogen (secondary N) is 2. The number of aromatic nitrogens is 2. The number of para-hydroxylation sites is 1. The van der Waals surface area contributed by atoms with Gasteiger partial charge in [0, 0.05) is 19.4 Å². The van der Waals surface area contributed by atoms with E-state index in [2.05, 4.69) is 15.6 Å². The van der Waals surface area contributed by atoms with Gasteiger partial charge in [0.25, 0.3) is 5.56 Å². The number of rotatable bonds is 5. The second kappa shape index (κ2) is 8.44. The molecule has 0 unspecified atom stereocenters. The van der Waals surface area contributed by atoms with Gasteiger partial charge in [0.15, 0.2) is 0 Å². The first-order valence-corrected chi connectivity index (χ1v) is 9.79. The molecule has 154 valence electrons. The maximum Gasteiger partial charge on any atom is 0.261 e. The molecule has 0 saturated carbocycles. The van der Waals surface area contributed by atoms with Crippen molar-refractivity contribution >= 4 is 22.7 Å². The Balaban J connectivity index is 1.43. The molecule has 1 aliphatic rings. The summed E-state index contributed by atoms with van der Waals surface area (Å²) >= 11 is 0. The lowest BCUT2D eigenvalue weighted by Crippen LogP contribution is -2.50. The minimum Gasteiger partial charge on any atom is -0.351 e. The maximum atomic E-state index is 13.2. The van der Waals surface area contributed by atoms with Gasteiger partial charge in [-0.15, -0.1) is 0 Å². The first kappa shape index (κ1) is 19.8. The smallest absolute Gasteiger partial charge is 0.261 e. The van der Waals surface area contributed by atoms with Crippen LogP contribution in [0.25, 0.3) is 10.9 Å². The molecule has 2 atom stereocenters. The molecule has 7 nitrogen and oxygen atoms in total. The number of carbonyl (C=O) groups excluding carboxylic acids is 2. The molecule has 2 amide bonds. The van der Waals surface area contributed by atoms with Crippen LogP contribution in [0.4, 0.5) is 4.39 Å². The predicted molar refractivity (Wildman–Crippen MR) is 109 cm³/mol. The van der Waals surface area contributed by atoms with Gasteiger partial charge in [-0.25, -0.2) is 9.37 Å². The Morgan fingerprint density at radius 3 is 2.73 bits per heavy atom. The fraction of sp³-hybridized carbons (Fsp3) is 0.273. The van der Waals surface area contributed by atoms with Crippen LogP contribution < -0.4 is 16.2 Å². The van der Waals surface area contributed by atoms with Gasteiger partial charge in [-0.2, -0.15) is 0 Å². The molecule has 1 aromatic heterocycles. The molecule has 1 fully saturated rings. The third-order valence-electron chi connectivity index (χ3n) is 5.29. The van der Waals surface area contributed by atoms with Crippen molar-refractivity contribution in [2.24, 2.45) is 0 Å². The highest BCUT2D eigenvalue weighted by atomic mass is 19.1. The van der Waals surface area contributed by atoms with E-state index in [-0.39, 0.29) is 42.2 Å². The number of hydrogen-bond acceptors (Lipinski definition) is 4. The molecule has 4 rings (SSSR count). The standard InChI is InChI=1S/C22H21FN4O3/c23-15-7-5-14(6-8-15)21-18(9-10-19(28)26-21)25-20(29)11-12-27-13-24-17-4-2-1-3-16(17)22(27)30/h1-8,13,18,21H,9-12H2,(H,25,29)(H,26,28)/t18-,21-/m1/s1. The van der Waals surface area contributed by atoms with Crippen LogP contribution in [0.3, 0.4) is 0 Å². The zero-order valence-electron chi connectivity index (χ0n) is 16.2. The average molecular weight is 408 g/mol. The van der Waals surface area contributed by atoms with Crippen molar-refractivity contribution in [2.45, 2.75) is 37.9 Å². The molecular formula is C22H21FN4O3. The Hall–Kier alpha value is -3.55. The average Bonchev–Trinajstić information content (AvgIpc) is 2.75. The van der Waals surface area contributed by atoms with Crippen molar-refractivity contribution < 1.29 is 14.0 Å². The van der Waals surface area contributed by atoms with E-state index in [1.807, 2.05) is 6.07 Å². The zero-order chi connectivity index (χ0) is 21.1. The molecule has 1 saturated heterocycles. The van der Waals surface area contributed by atoms with Gasteiger partial charge < -0.3 is 10.6 Å². The molecule has 0 spiro atoms. The van der Waals surface area contributed by atoms with E-state index in [9.17, 15) is 18.8 Å². The van der Waals surface area contributed by atoms with Gasteiger partial charge >= 0.3 is 0 Å². The highest BCUT2D eigenvalue weighted by Gasteiger charge is 2.31. The van der Waals surface area contributed by atoms with E-state index in [4.69, 9.17) is 0 Å². The molecule has 2 aromatic carbocycles. The summed E-state index contributed by atoms with van der Waals surface area (Å²) in [7, 11) is 0. The molecule has 1 aliphatic heterocycles. The number of nitrogens with zero attached hydrogens (tertiary/aromatic N) is 2. The molecule has 0 aliphatic carbocycles. The number of fused-ring (bicyclic) bond motifs is 1. The first-order valence-electron chi connectivity index (χ1n) is 9.79. The van der Waals surface area contributed by atoms with Crippen LogP contribution in [0, 0.1) is 5.82 Å². The minimum atomic E-state index is -0.430. The largest absolute Gasteiger partial charge is 0.351 e. The van der Waals surface area contributed by atoms with Crippen LogP contribution in [0.2, 0.25) is 0 Å². The Morgan fingerprint density at radius 1 is 1.17 bits per heavy atom. The van der Waals surface area contributed by atoms with Crippen LogP contribution in [0.1, 0.15) is 30.9 Å². The van der Waals surface area contributed by atoms with Gasteiger partial charge in [0.2, 0.25) is 11.8 Å². The van der Waals surface area contributed by atoms with E-state index in [1.54, 1.807) is 30.3 Å². The van der Waals surface area contributed by atoms with Crippen LogP contribution in [0.15, 0.2) is 59.7 Å². The monoisotopic (exact) mass is 408 g/mol. The Bertz CT molecular complexity index is 1140. The summed E-state index contributed by atoms with van der Waals surface area (Å²) in [5.74, 6) is -0.706. The summed E-state index contributed by atoms with van der Waals surface area (Å²) in [6.07, 6.45) is 2.33. The van der Waals surface area contributed by atoms with E-state index < -0.39 is 6.04 Å². The molecule has 3 aromatic rings. The van der Waals surface area contributed by atoms with E-state index in [1.165, 1.54) is 23.0 Å². The molecule has 30 heavy (non-hydrogen) atoms. The fourth-order valence-electron chi connectivity index (χ4n) is 3.71. The summed E-state index contributed by atoms with van der Waals surface area (Å²) in [4.78, 5) is 41.2. The van der Waals surface area contributed by atoms with Crippen molar-refractivity contribution in [1.29, 1.82) is 0 Å². The van der Waals surface area contributed by atoms with Crippen LogP contribution >= 0.6 is 0 Å². The fourth-order valence-corrected chi connectivity index (χ4v) is 3.71. The third-order valence-corrected chi connectivity index (χ3v) is 5.29. The normalized spacial score (nSPS) is 18.8. The highest BCUT2D eigenvalue weighted by molar-refractivity contribution is 5.80. The van der Waals surface area contributed by atoms with Gasteiger partial charge in [-0.3, -0.25) is 19.0 Å². The second-order valence-electron chi connectivity index (χ2n) is 7.32. The Morgan fingerprint density at radius 2 is 1.93 bits per heavy atom. The van der Waals surface area contributed by atoms with Gasteiger partial charge in [-0.05, 0) is 36.2 Å². The molecule has 0 bridgehead atoms. The topological polar surface area (TPSA) is 93.1 Å². The summed E-state index contributed by atoms with van der Waals surface area (Å²) < 4.78 is 14.7. The van der Waals surface area contributed by atoms with Gasteiger partial charge in [-0.1, -0.05) is 24.3 Å². The summed E-state index contributed by atoms with van der Waals surface area (Å²) in [5.41, 5.74) is 1.15. The van der Waals surface area contributed by atoms with Gasteiger partial charge in [0.1, 0.15) is 5.82 Å². The SMILES string of the molecule is O=C1CC[C@@H](NC(=O)CCn2cnc3ccccc3c2=O)[C@@H](c2ccc(F)cc2)N1. The number of aryl methyl sites for hydroxylation is 1. The number of piperidine rings is 1. The Kier molecular flexibility index (Phi) is 5.56. The molecule has 8 heteroatoms. The summed E-state index contributed by atoms with van der Waals surface area (Å²) in [6.45, 7) is 0.197. The van der Waals surface area contributed by atoms with Crippen LogP contribution in [-0.4, -0.2) is 27.4 Å². The number of carbonyl (C=O) groups is 2. The molecular weight excluding hydrogens is 387 g/mol. The quantitative estimate of drug-likeness (QED) is 0.676. The number of halogens is 1. The number of amides is 2. The van der Waals surface area contributed by atoms with E-state index in [0.717, 1.165) is 5.56 Å². The Labute approximate surface area is 171 Å². The van der Waals surface area contributed by atoms with Crippen molar-refractivity contribution in [3.8, 4) is 0 Å². The zero-order valence-corrected chi connectivity index (χ0v) is 16.2. The highest BCUT2D eigenvalue weighted by Crippen LogP contribution is 2.24. The van der Waals surface area contributed by atoms with Crippen molar-refractivity contribution in [3.05, 3.63) is 76.6 Å². The summed E-state index contributed by atoms with van der Waals surface area (Å²) in [6, 6.07) is 12.2. The van der Waals surface area contributed by atoms with Crippen LogP contribution in [0.5, 0.6) is 0 Å². The van der Waals surface area contributed by atoms with Crippen LogP contribution in [-0.2, 0) is 16.1 Å². The molecule has 2 N–H and O–H groups in total. The predicted octanol–water partition coefficient (Wildman–Crippen LogP) is 2.06. The van der Waals surface area contributed by atoms with Crippen molar-refractivity contribution in [3.63, 3.8) is 0 Å². The van der Waals surface area contributed by atoms with Crippen molar-refractivity contribution in [2.75, 3.05) is 0 Å². The lowest BCUT2D eigenvalue weighted by atomic mass is 9.92. The number of hydrogen-bond donors (Lipinski definition) is 2. The minimum absolute atomic E-state index is 0.0977.